The minimum atomic E-state index is -0.228. The molecule has 0 aliphatic carbocycles. The fourth-order valence-electron chi connectivity index (χ4n) is 2.80. The van der Waals surface area contributed by atoms with Crippen LogP contribution in [-0.4, -0.2) is 29.0 Å². The Bertz CT molecular complexity index is 742. The van der Waals surface area contributed by atoms with Gasteiger partial charge < -0.3 is 10.2 Å². The molecule has 2 heterocycles. The van der Waals surface area contributed by atoms with Gasteiger partial charge in [0.15, 0.2) is 0 Å². The normalized spacial score (nSPS) is 15.4. The molecule has 0 saturated carbocycles. The highest BCUT2D eigenvalue weighted by Crippen LogP contribution is 2.21. The zero-order valence-electron chi connectivity index (χ0n) is 13.9. The number of aromatic nitrogens is 2. The highest BCUT2D eigenvalue weighted by atomic mass is 35.5. The van der Waals surface area contributed by atoms with E-state index in [0.29, 0.717) is 27.9 Å². The van der Waals surface area contributed by atoms with E-state index in [1.54, 1.807) is 30.5 Å². The Hall–Kier alpha value is -2.14. The number of amides is 1. The molecule has 1 aliphatic heterocycles. The molecule has 0 radical (unpaired) electrons. The summed E-state index contributed by atoms with van der Waals surface area (Å²) in [4.78, 5) is 23.5. The zero-order valence-corrected chi connectivity index (χ0v) is 14.7. The molecule has 1 fully saturated rings. The van der Waals surface area contributed by atoms with Crippen LogP contribution >= 0.6 is 11.6 Å². The molecule has 24 heavy (non-hydrogen) atoms. The lowest BCUT2D eigenvalue weighted by Gasteiger charge is -2.30. The van der Waals surface area contributed by atoms with Gasteiger partial charge in [0.25, 0.3) is 5.91 Å². The predicted molar refractivity (Wildman–Crippen MR) is 96.8 cm³/mol. The third-order valence-electron chi connectivity index (χ3n) is 4.36. The molecular weight excluding hydrogens is 324 g/mol. The molecule has 1 amide bonds. The van der Waals surface area contributed by atoms with Crippen molar-refractivity contribution in [2.45, 2.75) is 26.7 Å². The molecule has 6 heteroatoms. The Balaban J connectivity index is 1.73. The maximum atomic E-state index is 12.4. The van der Waals surface area contributed by atoms with E-state index in [1.807, 2.05) is 6.92 Å². The van der Waals surface area contributed by atoms with Crippen LogP contribution in [0, 0.1) is 12.8 Å². The van der Waals surface area contributed by atoms with Crippen LogP contribution in [0.25, 0.3) is 0 Å². The second-order valence-electron chi connectivity index (χ2n) is 6.30. The number of anilines is 2. The van der Waals surface area contributed by atoms with Crippen molar-refractivity contribution in [2.75, 3.05) is 23.3 Å². The average Bonchev–Trinajstić information content (AvgIpc) is 2.55. The second kappa shape index (κ2) is 7.18. The van der Waals surface area contributed by atoms with E-state index in [4.69, 9.17) is 11.6 Å². The van der Waals surface area contributed by atoms with Crippen molar-refractivity contribution in [3.05, 3.63) is 46.7 Å². The van der Waals surface area contributed by atoms with Crippen LogP contribution in [0.1, 0.15) is 35.8 Å². The molecule has 0 atom stereocenters. The van der Waals surface area contributed by atoms with Gasteiger partial charge in [-0.15, -0.1) is 0 Å². The Morgan fingerprint density at radius 3 is 2.75 bits per heavy atom. The number of hydrogen-bond acceptors (Lipinski definition) is 4. The average molecular weight is 345 g/mol. The topological polar surface area (TPSA) is 58.1 Å². The summed E-state index contributed by atoms with van der Waals surface area (Å²) in [6, 6.07) is 7.06. The maximum Gasteiger partial charge on any atom is 0.259 e. The van der Waals surface area contributed by atoms with Crippen molar-refractivity contribution in [3.63, 3.8) is 0 Å². The first kappa shape index (κ1) is 16.7. The summed E-state index contributed by atoms with van der Waals surface area (Å²) in [5, 5.41) is 3.41. The highest BCUT2D eigenvalue weighted by molar-refractivity contribution is 6.30. The summed E-state index contributed by atoms with van der Waals surface area (Å²) in [5.41, 5.74) is 1.81. The van der Waals surface area contributed by atoms with Crippen molar-refractivity contribution < 1.29 is 4.79 Å². The Morgan fingerprint density at radius 2 is 2.08 bits per heavy atom. The van der Waals surface area contributed by atoms with Gasteiger partial charge in [-0.2, -0.15) is 0 Å². The molecule has 2 aromatic rings. The van der Waals surface area contributed by atoms with Gasteiger partial charge in [0.2, 0.25) is 5.95 Å². The second-order valence-corrected chi connectivity index (χ2v) is 6.74. The largest absolute Gasteiger partial charge is 0.341 e. The Kier molecular flexibility index (Phi) is 5.00. The summed E-state index contributed by atoms with van der Waals surface area (Å²) in [5.74, 6) is 1.23. The molecule has 0 unspecified atom stereocenters. The van der Waals surface area contributed by atoms with Gasteiger partial charge in [-0.3, -0.25) is 4.79 Å². The lowest BCUT2D eigenvalue weighted by atomic mass is 10.00. The number of carbonyl (C=O) groups is 1. The highest BCUT2D eigenvalue weighted by Gasteiger charge is 2.19. The lowest BCUT2D eigenvalue weighted by Crippen LogP contribution is -2.34. The smallest absolute Gasteiger partial charge is 0.259 e. The molecule has 1 aromatic carbocycles. The number of piperidine rings is 1. The molecule has 1 aromatic heterocycles. The van der Waals surface area contributed by atoms with Crippen molar-refractivity contribution in [3.8, 4) is 0 Å². The molecule has 1 N–H and O–H groups in total. The number of hydrogen-bond donors (Lipinski definition) is 1. The van der Waals surface area contributed by atoms with Crippen LogP contribution in [0.15, 0.2) is 30.5 Å². The van der Waals surface area contributed by atoms with Crippen LogP contribution in [-0.2, 0) is 0 Å². The van der Waals surface area contributed by atoms with E-state index in [9.17, 15) is 4.79 Å². The molecule has 0 spiro atoms. The fraction of sp³-hybridized carbons (Fsp3) is 0.389. The lowest BCUT2D eigenvalue weighted by molar-refractivity contribution is 0.102. The van der Waals surface area contributed by atoms with Crippen molar-refractivity contribution in [2.24, 2.45) is 5.92 Å². The van der Waals surface area contributed by atoms with Gasteiger partial charge in [0, 0.05) is 30.0 Å². The first-order chi connectivity index (χ1) is 11.5. The standard InChI is InChI=1S/C18H21ClN4O/c1-12-6-8-23(9-7-12)18-20-11-16(13(2)21-18)17(24)22-15-5-3-4-14(19)10-15/h3-5,10-12H,6-9H2,1-2H3,(H,22,24). The van der Waals surface area contributed by atoms with Gasteiger partial charge in [0.05, 0.1) is 11.3 Å². The predicted octanol–water partition coefficient (Wildman–Crippen LogP) is 3.93. The zero-order chi connectivity index (χ0) is 17.1. The first-order valence-electron chi connectivity index (χ1n) is 8.18. The van der Waals surface area contributed by atoms with Gasteiger partial charge in [-0.05, 0) is 43.9 Å². The van der Waals surface area contributed by atoms with Crippen LogP contribution in [0.5, 0.6) is 0 Å². The SMILES string of the molecule is Cc1nc(N2CCC(C)CC2)ncc1C(=O)Nc1cccc(Cl)c1. The minimum Gasteiger partial charge on any atom is -0.341 e. The van der Waals surface area contributed by atoms with Gasteiger partial charge in [0.1, 0.15) is 0 Å². The van der Waals surface area contributed by atoms with Gasteiger partial charge >= 0.3 is 0 Å². The third kappa shape index (κ3) is 3.85. The summed E-state index contributed by atoms with van der Waals surface area (Å²) in [7, 11) is 0. The number of halogens is 1. The number of benzene rings is 1. The first-order valence-corrected chi connectivity index (χ1v) is 8.56. The molecule has 5 nitrogen and oxygen atoms in total. The number of rotatable bonds is 3. The Labute approximate surface area is 147 Å². The quantitative estimate of drug-likeness (QED) is 0.916. The summed E-state index contributed by atoms with van der Waals surface area (Å²) in [6.45, 7) is 6.04. The molecule has 0 bridgehead atoms. The summed E-state index contributed by atoms with van der Waals surface area (Å²) < 4.78 is 0. The van der Waals surface area contributed by atoms with Gasteiger partial charge in [-0.1, -0.05) is 24.6 Å². The number of nitrogens with zero attached hydrogens (tertiary/aromatic N) is 3. The number of nitrogens with one attached hydrogen (secondary N) is 1. The van der Waals surface area contributed by atoms with Crippen molar-refractivity contribution in [1.82, 2.24) is 9.97 Å². The van der Waals surface area contributed by atoms with E-state index in [2.05, 4.69) is 27.1 Å². The molecule has 3 rings (SSSR count). The molecule has 126 valence electrons. The monoisotopic (exact) mass is 344 g/mol. The van der Waals surface area contributed by atoms with E-state index < -0.39 is 0 Å². The number of carbonyl (C=O) groups excluding carboxylic acids is 1. The number of aryl methyl sites for hydroxylation is 1. The van der Waals surface area contributed by atoms with E-state index >= 15 is 0 Å². The maximum absolute atomic E-state index is 12.4. The van der Waals surface area contributed by atoms with Gasteiger partial charge in [-0.25, -0.2) is 9.97 Å². The van der Waals surface area contributed by atoms with Crippen LogP contribution in [0.4, 0.5) is 11.6 Å². The fourth-order valence-corrected chi connectivity index (χ4v) is 2.99. The van der Waals surface area contributed by atoms with E-state index in [-0.39, 0.29) is 5.91 Å². The summed E-state index contributed by atoms with van der Waals surface area (Å²) in [6.07, 6.45) is 3.91. The minimum absolute atomic E-state index is 0.228. The molecular formula is C18H21ClN4O. The van der Waals surface area contributed by atoms with Crippen molar-refractivity contribution >= 4 is 29.1 Å². The third-order valence-corrected chi connectivity index (χ3v) is 4.60. The Morgan fingerprint density at radius 1 is 1.33 bits per heavy atom. The van der Waals surface area contributed by atoms with E-state index in [1.165, 1.54) is 0 Å². The van der Waals surface area contributed by atoms with Crippen molar-refractivity contribution in [1.29, 1.82) is 0 Å². The molecule has 1 aliphatic rings. The van der Waals surface area contributed by atoms with E-state index in [0.717, 1.165) is 31.8 Å². The molecule has 1 saturated heterocycles. The van der Waals surface area contributed by atoms with Crippen LogP contribution < -0.4 is 10.2 Å². The van der Waals surface area contributed by atoms with Crippen LogP contribution in [0.3, 0.4) is 0 Å². The summed E-state index contributed by atoms with van der Waals surface area (Å²) >= 11 is 5.94. The van der Waals surface area contributed by atoms with Crippen LogP contribution in [0.2, 0.25) is 5.02 Å².